The van der Waals surface area contributed by atoms with Crippen molar-refractivity contribution in [3.8, 4) is 0 Å². The van der Waals surface area contributed by atoms with Crippen molar-refractivity contribution in [2.45, 2.75) is 32.2 Å². The maximum Gasteiger partial charge on any atom is 0.331 e. The zero-order valence-corrected chi connectivity index (χ0v) is 13.1. The quantitative estimate of drug-likeness (QED) is 0.818. The number of rotatable bonds is 5. The molecule has 3 nitrogen and oxygen atoms in total. The minimum absolute atomic E-state index is 0.251. The first-order valence-corrected chi connectivity index (χ1v) is 6.97. The fraction of sp³-hybridized carbons (Fsp3) is 0.462. The van der Waals surface area contributed by atoms with Gasteiger partial charge < -0.3 is 10.1 Å². The molecule has 1 rings (SSSR count). The number of esters is 1. The number of methoxy groups -OCH3 is 1. The molecule has 0 aliphatic heterocycles. The van der Waals surface area contributed by atoms with Crippen molar-refractivity contribution in [3.05, 3.63) is 27.7 Å². The van der Waals surface area contributed by atoms with Crippen LogP contribution in [0.15, 0.2) is 22.7 Å². The van der Waals surface area contributed by atoms with E-state index in [4.69, 9.17) is 16.3 Å². The van der Waals surface area contributed by atoms with Crippen molar-refractivity contribution >= 4 is 39.2 Å². The summed E-state index contributed by atoms with van der Waals surface area (Å²) in [5.41, 5.74) is 0.141. The van der Waals surface area contributed by atoms with E-state index in [0.29, 0.717) is 17.9 Å². The van der Waals surface area contributed by atoms with Gasteiger partial charge in [0.25, 0.3) is 0 Å². The van der Waals surface area contributed by atoms with Gasteiger partial charge in [-0.1, -0.05) is 25.4 Å². The Morgan fingerprint density at radius 1 is 1.44 bits per heavy atom. The number of halogens is 2. The van der Waals surface area contributed by atoms with Gasteiger partial charge in [0.1, 0.15) is 5.54 Å². The fourth-order valence-electron chi connectivity index (χ4n) is 1.81. The molecule has 0 amide bonds. The van der Waals surface area contributed by atoms with Crippen molar-refractivity contribution < 1.29 is 9.53 Å². The second kappa shape index (κ2) is 6.43. The van der Waals surface area contributed by atoms with Crippen molar-refractivity contribution in [1.82, 2.24) is 0 Å². The predicted molar refractivity (Wildman–Crippen MR) is 78.1 cm³/mol. The zero-order chi connectivity index (χ0) is 13.8. The van der Waals surface area contributed by atoms with E-state index in [1.807, 2.05) is 26.0 Å². The number of anilines is 1. The highest BCUT2D eigenvalue weighted by molar-refractivity contribution is 9.10. The molecular weight excluding hydrogens is 318 g/mol. The Labute approximate surface area is 121 Å². The van der Waals surface area contributed by atoms with Crippen LogP contribution >= 0.6 is 27.5 Å². The molecule has 0 aliphatic carbocycles. The Balaban J connectivity index is 3.03. The minimum Gasteiger partial charge on any atom is -0.467 e. The Kier molecular flexibility index (Phi) is 5.47. The zero-order valence-electron chi connectivity index (χ0n) is 10.7. The van der Waals surface area contributed by atoms with Crippen LogP contribution in [-0.4, -0.2) is 18.6 Å². The summed E-state index contributed by atoms with van der Waals surface area (Å²) in [4.78, 5) is 11.9. The standard InChI is InChI=1S/C13H17BrClNO2/c1-4-13(5-2,12(17)18-3)16-9-6-7-11(15)10(14)8-9/h6-8,16H,4-5H2,1-3H3. The van der Waals surface area contributed by atoms with Crippen LogP contribution in [-0.2, 0) is 9.53 Å². The highest BCUT2D eigenvalue weighted by Crippen LogP contribution is 2.29. The molecule has 0 unspecified atom stereocenters. The van der Waals surface area contributed by atoms with Gasteiger partial charge in [-0.3, -0.25) is 0 Å². The monoisotopic (exact) mass is 333 g/mol. The molecule has 1 N–H and O–H groups in total. The second-order valence-corrected chi connectivity index (χ2v) is 5.30. The summed E-state index contributed by atoms with van der Waals surface area (Å²) < 4.78 is 5.68. The van der Waals surface area contributed by atoms with E-state index in [9.17, 15) is 4.79 Å². The average Bonchev–Trinajstić information content (AvgIpc) is 2.39. The summed E-state index contributed by atoms with van der Waals surface area (Å²) in [6.45, 7) is 3.91. The smallest absolute Gasteiger partial charge is 0.331 e. The molecule has 0 saturated carbocycles. The molecule has 0 aliphatic rings. The number of carbonyl (C=O) groups excluding carboxylic acids is 1. The summed E-state index contributed by atoms with van der Waals surface area (Å²) in [5, 5.41) is 3.88. The molecule has 0 spiro atoms. The molecule has 0 saturated heterocycles. The third-order valence-electron chi connectivity index (χ3n) is 3.09. The van der Waals surface area contributed by atoms with E-state index < -0.39 is 5.54 Å². The molecule has 0 bridgehead atoms. The lowest BCUT2D eigenvalue weighted by Crippen LogP contribution is -2.46. The molecule has 1 aromatic rings. The number of carbonyl (C=O) groups is 1. The average molecular weight is 335 g/mol. The van der Waals surface area contributed by atoms with Gasteiger partial charge >= 0.3 is 5.97 Å². The van der Waals surface area contributed by atoms with Gasteiger partial charge in [-0.2, -0.15) is 0 Å². The van der Waals surface area contributed by atoms with E-state index in [1.165, 1.54) is 7.11 Å². The van der Waals surface area contributed by atoms with Crippen LogP contribution < -0.4 is 5.32 Å². The Morgan fingerprint density at radius 2 is 2.06 bits per heavy atom. The summed E-state index contributed by atoms with van der Waals surface area (Å²) in [5.74, 6) is -0.251. The van der Waals surface area contributed by atoms with Crippen molar-refractivity contribution in [2.75, 3.05) is 12.4 Å². The molecule has 1 aromatic carbocycles. The maximum atomic E-state index is 11.9. The van der Waals surface area contributed by atoms with Gasteiger partial charge in [-0.15, -0.1) is 0 Å². The molecule has 0 heterocycles. The van der Waals surface area contributed by atoms with Gasteiger partial charge in [0.15, 0.2) is 0 Å². The maximum absolute atomic E-state index is 11.9. The first kappa shape index (κ1) is 15.3. The minimum atomic E-state index is -0.692. The van der Waals surface area contributed by atoms with Crippen LogP contribution in [0.1, 0.15) is 26.7 Å². The lowest BCUT2D eigenvalue weighted by atomic mass is 9.92. The number of benzene rings is 1. The summed E-state index contributed by atoms with van der Waals surface area (Å²) in [6, 6.07) is 5.47. The van der Waals surface area contributed by atoms with Gasteiger partial charge in [0, 0.05) is 10.2 Å². The SMILES string of the molecule is CCC(CC)(Nc1ccc(Cl)c(Br)c1)C(=O)OC. The number of hydrogen-bond acceptors (Lipinski definition) is 3. The molecular formula is C13H17BrClNO2. The molecule has 0 radical (unpaired) electrons. The van der Waals surface area contributed by atoms with Crippen molar-refractivity contribution in [3.63, 3.8) is 0 Å². The lowest BCUT2D eigenvalue weighted by molar-refractivity contribution is -0.146. The summed E-state index contributed by atoms with van der Waals surface area (Å²) in [7, 11) is 1.40. The van der Waals surface area contributed by atoms with Crippen LogP contribution in [0, 0.1) is 0 Å². The first-order valence-electron chi connectivity index (χ1n) is 5.80. The number of nitrogens with one attached hydrogen (secondary N) is 1. The van der Waals surface area contributed by atoms with Crippen molar-refractivity contribution in [1.29, 1.82) is 0 Å². The van der Waals surface area contributed by atoms with Crippen LogP contribution in [0.2, 0.25) is 5.02 Å². The first-order chi connectivity index (χ1) is 8.49. The molecule has 100 valence electrons. The molecule has 0 atom stereocenters. The molecule has 0 aromatic heterocycles. The highest BCUT2D eigenvalue weighted by Gasteiger charge is 2.35. The number of ether oxygens (including phenoxy) is 1. The predicted octanol–water partition coefficient (Wildman–Crippen LogP) is 4.25. The Hall–Kier alpha value is -0.740. The second-order valence-electron chi connectivity index (χ2n) is 4.03. The van der Waals surface area contributed by atoms with E-state index >= 15 is 0 Å². The topological polar surface area (TPSA) is 38.3 Å². The highest BCUT2D eigenvalue weighted by atomic mass is 79.9. The molecule has 0 fully saturated rings. The Morgan fingerprint density at radius 3 is 2.50 bits per heavy atom. The summed E-state index contributed by atoms with van der Waals surface area (Å²) in [6.07, 6.45) is 1.30. The Bertz CT molecular complexity index is 433. The van der Waals surface area contributed by atoms with E-state index in [0.717, 1.165) is 10.2 Å². The van der Waals surface area contributed by atoms with Gasteiger partial charge in [-0.25, -0.2) is 4.79 Å². The molecule has 5 heteroatoms. The lowest BCUT2D eigenvalue weighted by Gasteiger charge is -2.31. The summed E-state index contributed by atoms with van der Waals surface area (Å²) >= 11 is 9.31. The van der Waals surface area contributed by atoms with Crippen LogP contribution in [0.5, 0.6) is 0 Å². The fourth-order valence-corrected chi connectivity index (χ4v) is 2.31. The van der Waals surface area contributed by atoms with Gasteiger partial charge in [0.2, 0.25) is 0 Å². The van der Waals surface area contributed by atoms with Gasteiger partial charge in [0.05, 0.1) is 12.1 Å². The van der Waals surface area contributed by atoms with Crippen LogP contribution in [0.25, 0.3) is 0 Å². The normalized spacial score (nSPS) is 11.2. The third-order valence-corrected chi connectivity index (χ3v) is 4.30. The van der Waals surface area contributed by atoms with Crippen molar-refractivity contribution in [2.24, 2.45) is 0 Å². The third kappa shape index (κ3) is 3.18. The van der Waals surface area contributed by atoms with E-state index in [1.54, 1.807) is 6.07 Å². The van der Waals surface area contributed by atoms with E-state index in [2.05, 4.69) is 21.2 Å². The number of hydrogen-bond donors (Lipinski definition) is 1. The van der Waals surface area contributed by atoms with Crippen LogP contribution in [0.4, 0.5) is 5.69 Å². The largest absolute Gasteiger partial charge is 0.467 e. The van der Waals surface area contributed by atoms with Gasteiger partial charge in [-0.05, 0) is 47.0 Å². The van der Waals surface area contributed by atoms with E-state index in [-0.39, 0.29) is 5.97 Å². The molecule has 18 heavy (non-hydrogen) atoms. The van der Waals surface area contributed by atoms with Crippen LogP contribution in [0.3, 0.4) is 0 Å².